The summed E-state index contributed by atoms with van der Waals surface area (Å²) in [5.74, 6) is -0.497. The molecule has 36 heavy (non-hydrogen) atoms. The highest BCUT2D eigenvalue weighted by atomic mass is 32.2. The van der Waals surface area contributed by atoms with Crippen LogP contribution in [0.3, 0.4) is 0 Å². The number of aromatic nitrogens is 1. The first-order valence-corrected chi connectivity index (χ1v) is 12.8. The van der Waals surface area contributed by atoms with Gasteiger partial charge in [0.05, 0.1) is 24.1 Å². The van der Waals surface area contributed by atoms with Gasteiger partial charge in [-0.2, -0.15) is 13.2 Å². The molecule has 1 aliphatic heterocycles. The molecule has 2 saturated carbocycles. The minimum atomic E-state index is -4.43. The molecular weight excluding hydrogens is 493 g/mol. The van der Waals surface area contributed by atoms with Crippen LogP contribution in [0, 0.1) is 5.92 Å². The molecule has 2 aliphatic carbocycles. The van der Waals surface area contributed by atoms with Crippen molar-refractivity contribution in [3.8, 4) is 0 Å². The Morgan fingerprint density at radius 3 is 2.42 bits per heavy atom. The molecule has 1 aromatic carbocycles. The van der Waals surface area contributed by atoms with Crippen LogP contribution in [0.15, 0.2) is 47.6 Å². The van der Waals surface area contributed by atoms with E-state index in [1.54, 1.807) is 18.5 Å². The van der Waals surface area contributed by atoms with Crippen molar-refractivity contribution < 1.29 is 27.6 Å². The van der Waals surface area contributed by atoms with E-state index in [2.05, 4.69) is 10.3 Å². The first-order valence-electron chi connectivity index (χ1n) is 11.9. The van der Waals surface area contributed by atoms with Gasteiger partial charge in [-0.05, 0) is 73.3 Å². The van der Waals surface area contributed by atoms with E-state index >= 15 is 0 Å². The third-order valence-electron chi connectivity index (χ3n) is 7.07. The average Bonchev–Trinajstić information content (AvgIpc) is 3.62. The summed E-state index contributed by atoms with van der Waals surface area (Å²) in [4.78, 5) is 46.1. The molecule has 0 radical (unpaired) electrons. The number of thioether (sulfide) groups is 1. The maximum atomic E-state index is 13.4. The Balaban J connectivity index is 1.35. The van der Waals surface area contributed by atoms with Gasteiger partial charge in [0.25, 0.3) is 5.91 Å². The molecule has 2 heterocycles. The molecule has 1 saturated heterocycles. The number of nitrogens with one attached hydrogen (secondary N) is 1. The Morgan fingerprint density at radius 2 is 1.78 bits per heavy atom. The van der Waals surface area contributed by atoms with Gasteiger partial charge in [-0.25, -0.2) is 9.69 Å². The van der Waals surface area contributed by atoms with Crippen LogP contribution in [0.4, 0.5) is 29.3 Å². The number of hydrogen-bond donors (Lipinski definition) is 1. The third kappa shape index (κ3) is 4.80. The van der Waals surface area contributed by atoms with Gasteiger partial charge in [-0.15, -0.1) is 0 Å². The van der Waals surface area contributed by atoms with Gasteiger partial charge in [-0.1, -0.05) is 19.3 Å². The molecule has 1 N–H and O–H groups in total. The highest BCUT2D eigenvalue weighted by molar-refractivity contribution is 8.00. The number of pyridine rings is 1. The lowest BCUT2D eigenvalue weighted by Gasteiger charge is -2.24. The number of halogens is 3. The van der Waals surface area contributed by atoms with Crippen LogP contribution in [0.5, 0.6) is 0 Å². The number of carbonyl (C=O) groups excluding carboxylic acids is 3. The van der Waals surface area contributed by atoms with E-state index in [0.29, 0.717) is 24.1 Å². The number of anilines is 2. The SMILES string of the molecule is O=C(Nc1cnccc1CN1C(=O)N(c2ccc(SC(F)(F)F)cc2)C(=O)C12CC2)C1CCCCC1. The van der Waals surface area contributed by atoms with Crippen molar-refractivity contribution in [3.63, 3.8) is 0 Å². The van der Waals surface area contributed by atoms with Crippen molar-refractivity contribution in [1.82, 2.24) is 9.88 Å². The Morgan fingerprint density at radius 1 is 1.08 bits per heavy atom. The molecule has 3 aliphatic rings. The van der Waals surface area contributed by atoms with E-state index in [4.69, 9.17) is 0 Å². The summed E-state index contributed by atoms with van der Waals surface area (Å²) < 4.78 is 38.0. The van der Waals surface area contributed by atoms with E-state index < -0.39 is 17.1 Å². The molecule has 2 aromatic rings. The molecule has 0 unspecified atom stereocenters. The molecule has 0 bridgehead atoms. The van der Waals surface area contributed by atoms with E-state index in [1.807, 2.05) is 0 Å². The summed E-state index contributed by atoms with van der Waals surface area (Å²) in [6.07, 6.45) is 9.01. The normalized spacial score (nSPS) is 19.8. The van der Waals surface area contributed by atoms with Crippen molar-refractivity contribution in [2.24, 2.45) is 5.92 Å². The fraction of sp³-hybridized carbons (Fsp3) is 0.440. The van der Waals surface area contributed by atoms with Crippen LogP contribution in [-0.4, -0.2) is 38.8 Å². The molecule has 4 amide bonds. The molecule has 1 spiro atoms. The van der Waals surface area contributed by atoms with Crippen molar-refractivity contribution in [2.75, 3.05) is 10.2 Å². The predicted octanol–water partition coefficient (Wildman–Crippen LogP) is 5.71. The lowest BCUT2D eigenvalue weighted by molar-refractivity contribution is -0.121. The van der Waals surface area contributed by atoms with Crippen molar-refractivity contribution in [2.45, 2.75) is 67.4 Å². The zero-order chi connectivity index (χ0) is 25.5. The van der Waals surface area contributed by atoms with Gasteiger partial charge in [0.2, 0.25) is 5.91 Å². The van der Waals surface area contributed by atoms with Gasteiger partial charge in [0.1, 0.15) is 5.54 Å². The summed E-state index contributed by atoms with van der Waals surface area (Å²) in [6.45, 7) is 0.103. The van der Waals surface area contributed by atoms with Gasteiger partial charge >= 0.3 is 11.5 Å². The van der Waals surface area contributed by atoms with E-state index in [-0.39, 0.29) is 46.6 Å². The molecule has 5 rings (SSSR count). The smallest absolute Gasteiger partial charge is 0.324 e. The lowest BCUT2D eigenvalue weighted by Crippen LogP contribution is -2.37. The topological polar surface area (TPSA) is 82.6 Å². The Labute approximate surface area is 210 Å². The molecule has 1 aromatic heterocycles. The average molecular weight is 519 g/mol. The lowest BCUT2D eigenvalue weighted by atomic mass is 9.88. The van der Waals surface area contributed by atoms with Crippen molar-refractivity contribution in [1.29, 1.82) is 0 Å². The fourth-order valence-corrected chi connectivity index (χ4v) is 5.54. The maximum Gasteiger partial charge on any atom is 0.446 e. The standard InChI is InChI=1S/C25H25F3N4O3S/c26-25(27,28)36-19-8-6-18(7-9-19)32-22(34)24(11-12-24)31(23(32)35)15-17-10-13-29-14-20(17)30-21(33)16-4-2-1-3-5-16/h6-10,13-14,16H,1-5,11-12,15H2,(H,30,33). The van der Waals surface area contributed by atoms with Crippen LogP contribution < -0.4 is 10.2 Å². The molecule has 0 atom stereocenters. The van der Waals surface area contributed by atoms with Crippen molar-refractivity contribution in [3.05, 3.63) is 48.3 Å². The van der Waals surface area contributed by atoms with Crippen LogP contribution in [0.1, 0.15) is 50.5 Å². The van der Waals surface area contributed by atoms with E-state index in [9.17, 15) is 27.6 Å². The second kappa shape index (κ2) is 9.42. The maximum absolute atomic E-state index is 13.4. The zero-order valence-electron chi connectivity index (χ0n) is 19.4. The number of nitrogens with zero attached hydrogens (tertiary/aromatic N) is 3. The predicted molar refractivity (Wildman–Crippen MR) is 128 cm³/mol. The molecule has 11 heteroatoms. The molecular formula is C25H25F3N4O3S. The first-order chi connectivity index (χ1) is 17.2. The summed E-state index contributed by atoms with van der Waals surface area (Å²) in [5.41, 5.74) is -3.99. The Hall–Kier alpha value is -3.08. The highest BCUT2D eigenvalue weighted by Gasteiger charge is 2.65. The van der Waals surface area contributed by atoms with Crippen LogP contribution in [0.25, 0.3) is 0 Å². The Kier molecular flexibility index (Phi) is 6.44. The van der Waals surface area contributed by atoms with Crippen LogP contribution in [0.2, 0.25) is 0 Å². The monoisotopic (exact) mass is 518 g/mol. The number of carbonyl (C=O) groups is 3. The number of amides is 4. The fourth-order valence-electron chi connectivity index (χ4n) is 5.00. The quantitative estimate of drug-likeness (QED) is 0.391. The summed E-state index contributed by atoms with van der Waals surface area (Å²) in [5, 5.41) is 2.96. The van der Waals surface area contributed by atoms with Crippen molar-refractivity contribution >= 4 is 41.0 Å². The third-order valence-corrected chi connectivity index (χ3v) is 7.81. The van der Waals surface area contributed by atoms with Gasteiger partial charge < -0.3 is 10.2 Å². The Bertz CT molecular complexity index is 1180. The first kappa shape index (κ1) is 24.6. The second-order valence-corrected chi connectivity index (χ2v) is 10.6. The number of alkyl halides is 3. The minimum Gasteiger partial charge on any atom is -0.324 e. The minimum absolute atomic E-state index is 0.0292. The molecule has 190 valence electrons. The highest BCUT2D eigenvalue weighted by Crippen LogP contribution is 2.50. The number of hydrogen-bond acceptors (Lipinski definition) is 5. The largest absolute Gasteiger partial charge is 0.446 e. The van der Waals surface area contributed by atoms with E-state index in [0.717, 1.165) is 37.0 Å². The summed E-state index contributed by atoms with van der Waals surface area (Å²) in [6, 6.07) is 6.39. The number of imide groups is 1. The molecule has 3 fully saturated rings. The van der Waals surface area contributed by atoms with Crippen LogP contribution >= 0.6 is 11.8 Å². The van der Waals surface area contributed by atoms with Gasteiger partial charge in [0.15, 0.2) is 0 Å². The summed E-state index contributed by atoms with van der Waals surface area (Å²) >= 11 is -0.255. The number of urea groups is 1. The van der Waals surface area contributed by atoms with Gasteiger partial charge in [0, 0.05) is 17.0 Å². The number of benzene rings is 1. The second-order valence-electron chi connectivity index (χ2n) is 9.44. The zero-order valence-corrected chi connectivity index (χ0v) is 20.2. The number of rotatable bonds is 6. The van der Waals surface area contributed by atoms with E-state index in [1.165, 1.54) is 29.2 Å². The van der Waals surface area contributed by atoms with Gasteiger partial charge in [-0.3, -0.25) is 14.6 Å². The van der Waals surface area contributed by atoms with Crippen LogP contribution in [-0.2, 0) is 16.1 Å². The molecule has 7 nitrogen and oxygen atoms in total. The summed E-state index contributed by atoms with van der Waals surface area (Å²) in [7, 11) is 0.